The van der Waals surface area contributed by atoms with Crippen molar-refractivity contribution in [3.63, 3.8) is 0 Å². The molecule has 1 fully saturated rings. The van der Waals surface area contributed by atoms with Crippen LogP contribution in [-0.2, 0) is 0 Å². The van der Waals surface area contributed by atoms with Crippen molar-refractivity contribution in [2.75, 3.05) is 0 Å². The molecule has 1 N–H and O–H groups in total. The molecular formula is C19H20FNO. The molecule has 1 aliphatic rings. The Morgan fingerprint density at radius 2 is 1.77 bits per heavy atom. The Bertz CT molecular complexity index is 661. The molecule has 0 saturated heterocycles. The molecule has 0 aromatic heterocycles. The number of hydrogen-bond acceptors (Lipinski definition) is 2. The van der Waals surface area contributed by atoms with Crippen molar-refractivity contribution < 1.29 is 9.50 Å². The highest BCUT2D eigenvalue weighted by Crippen LogP contribution is 2.38. The summed E-state index contributed by atoms with van der Waals surface area (Å²) in [6.07, 6.45) is 7.11. The lowest BCUT2D eigenvalue weighted by molar-refractivity contribution is 0.411. The standard InChI is InChI=1S/C19H20FNO/c20-16-11-15(13-21-17-9-5-2-6-10-17)19(22)18(12-16)14-7-3-1-4-8-14/h2,5-6,9-14,22H,1,3-4,7-8H2. The molecule has 0 unspecified atom stereocenters. The van der Waals surface area contributed by atoms with E-state index >= 15 is 0 Å². The van der Waals surface area contributed by atoms with Gasteiger partial charge < -0.3 is 5.11 Å². The van der Waals surface area contributed by atoms with Crippen molar-refractivity contribution in [2.45, 2.75) is 38.0 Å². The average Bonchev–Trinajstić information content (AvgIpc) is 2.57. The number of rotatable bonds is 3. The summed E-state index contributed by atoms with van der Waals surface area (Å²) < 4.78 is 13.9. The SMILES string of the molecule is Oc1c(C=Nc2ccccc2)cc(F)cc1C1CCCCC1. The third kappa shape index (κ3) is 3.35. The summed E-state index contributed by atoms with van der Waals surface area (Å²) >= 11 is 0. The van der Waals surface area contributed by atoms with E-state index in [2.05, 4.69) is 4.99 Å². The number of hydrogen-bond donors (Lipinski definition) is 1. The monoisotopic (exact) mass is 297 g/mol. The van der Waals surface area contributed by atoms with Gasteiger partial charge >= 0.3 is 0 Å². The van der Waals surface area contributed by atoms with E-state index in [-0.39, 0.29) is 17.5 Å². The van der Waals surface area contributed by atoms with E-state index in [1.807, 2.05) is 30.3 Å². The second-order valence-electron chi connectivity index (χ2n) is 5.86. The largest absolute Gasteiger partial charge is 0.507 e. The summed E-state index contributed by atoms with van der Waals surface area (Å²) in [7, 11) is 0. The molecule has 0 bridgehead atoms. The number of aromatic hydroxyl groups is 1. The molecule has 1 aliphatic carbocycles. The normalized spacial score (nSPS) is 16.2. The van der Waals surface area contributed by atoms with Crippen molar-refractivity contribution in [2.24, 2.45) is 4.99 Å². The molecule has 0 aliphatic heterocycles. The zero-order valence-corrected chi connectivity index (χ0v) is 12.5. The molecule has 3 heteroatoms. The summed E-state index contributed by atoms with van der Waals surface area (Å²) in [6, 6.07) is 12.3. The molecule has 0 heterocycles. The number of phenols is 1. The van der Waals surface area contributed by atoms with Gasteiger partial charge in [0.25, 0.3) is 0 Å². The minimum Gasteiger partial charge on any atom is -0.507 e. The molecule has 0 radical (unpaired) electrons. The van der Waals surface area contributed by atoms with Gasteiger partial charge in [0.05, 0.1) is 5.69 Å². The van der Waals surface area contributed by atoms with E-state index in [9.17, 15) is 9.50 Å². The number of halogens is 1. The van der Waals surface area contributed by atoms with Gasteiger partial charge in [-0.05, 0) is 43.0 Å². The van der Waals surface area contributed by atoms with Crippen LogP contribution >= 0.6 is 0 Å². The van der Waals surface area contributed by atoms with E-state index in [1.165, 1.54) is 18.6 Å². The highest BCUT2D eigenvalue weighted by molar-refractivity contribution is 5.86. The Kier molecular flexibility index (Phi) is 4.52. The van der Waals surface area contributed by atoms with Gasteiger partial charge in [0.2, 0.25) is 0 Å². The fraction of sp³-hybridized carbons (Fsp3) is 0.316. The Morgan fingerprint density at radius 1 is 1.05 bits per heavy atom. The molecular weight excluding hydrogens is 277 g/mol. The van der Waals surface area contributed by atoms with Gasteiger partial charge in [-0.25, -0.2) is 4.39 Å². The van der Waals surface area contributed by atoms with Crippen molar-refractivity contribution in [1.82, 2.24) is 0 Å². The number of benzene rings is 2. The van der Waals surface area contributed by atoms with Crippen LogP contribution in [0.2, 0.25) is 0 Å². The molecule has 2 aromatic rings. The summed E-state index contributed by atoms with van der Waals surface area (Å²) in [5.41, 5.74) is 1.96. The van der Waals surface area contributed by atoms with Gasteiger partial charge in [0, 0.05) is 17.3 Å². The fourth-order valence-corrected chi connectivity index (χ4v) is 3.12. The van der Waals surface area contributed by atoms with Gasteiger partial charge in [-0.3, -0.25) is 4.99 Å². The number of nitrogens with zero attached hydrogens (tertiary/aromatic N) is 1. The van der Waals surface area contributed by atoms with Gasteiger partial charge in [-0.2, -0.15) is 0 Å². The first-order valence-corrected chi connectivity index (χ1v) is 7.85. The van der Waals surface area contributed by atoms with E-state index < -0.39 is 0 Å². The van der Waals surface area contributed by atoms with E-state index in [1.54, 1.807) is 6.21 Å². The Labute approximate surface area is 130 Å². The van der Waals surface area contributed by atoms with Crippen molar-refractivity contribution in [3.05, 3.63) is 59.4 Å². The van der Waals surface area contributed by atoms with Gasteiger partial charge in [-0.15, -0.1) is 0 Å². The first kappa shape index (κ1) is 14.8. The maximum atomic E-state index is 13.9. The van der Waals surface area contributed by atoms with E-state index in [0.29, 0.717) is 5.56 Å². The maximum absolute atomic E-state index is 13.9. The molecule has 1 saturated carbocycles. The lowest BCUT2D eigenvalue weighted by Gasteiger charge is -2.23. The second kappa shape index (κ2) is 6.73. The lowest BCUT2D eigenvalue weighted by Crippen LogP contribution is -2.06. The lowest BCUT2D eigenvalue weighted by atomic mass is 9.83. The van der Waals surface area contributed by atoms with Crippen molar-refractivity contribution >= 4 is 11.9 Å². The molecule has 114 valence electrons. The minimum absolute atomic E-state index is 0.174. The van der Waals surface area contributed by atoms with E-state index in [0.717, 1.165) is 36.9 Å². The minimum atomic E-state index is -0.312. The quantitative estimate of drug-likeness (QED) is 0.763. The molecule has 0 spiro atoms. The van der Waals surface area contributed by atoms with Crippen LogP contribution in [0.15, 0.2) is 47.5 Å². The van der Waals surface area contributed by atoms with Crippen LogP contribution in [0.3, 0.4) is 0 Å². The molecule has 3 rings (SSSR count). The highest BCUT2D eigenvalue weighted by Gasteiger charge is 2.20. The molecule has 0 atom stereocenters. The number of para-hydroxylation sites is 1. The predicted octanol–water partition coefficient (Wildman–Crippen LogP) is 5.33. The van der Waals surface area contributed by atoms with Crippen LogP contribution in [0, 0.1) is 5.82 Å². The first-order valence-electron chi connectivity index (χ1n) is 7.85. The van der Waals surface area contributed by atoms with Crippen LogP contribution in [0.25, 0.3) is 0 Å². The van der Waals surface area contributed by atoms with E-state index in [4.69, 9.17) is 0 Å². The zero-order chi connectivity index (χ0) is 15.4. The van der Waals surface area contributed by atoms with Crippen LogP contribution < -0.4 is 0 Å². The summed E-state index contributed by atoms with van der Waals surface area (Å²) in [5.74, 6) is 0.120. The molecule has 2 nitrogen and oxygen atoms in total. The summed E-state index contributed by atoms with van der Waals surface area (Å²) in [4.78, 5) is 4.31. The molecule has 0 amide bonds. The van der Waals surface area contributed by atoms with Gasteiger partial charge in [0.15, 0.2) is 0 Å². The van der Waals surface area contributed by atoms with Crippen LogP contribution in [-0.4, -0.2) is 11.3 Å². The smallest absolute Gasteiger partial charge is 0.128 e. The first-order chi connectivity index (χ1) is 10.7. The Hall–Kier alpha value is -2.16. The van der Waals surface area contributed by atoms with Crippen LogP contribution in [0.1, 0.15) is 49.1 Å². The maximum Gasteiger partial charge on any atom is 0.128 e. The van der Waals surface area contributed by atoms with Crippen LogP contribution in [0.4, 0.5) is 10.1 Å². The zero-order valence-electron chi connectivity index (χ0n) is 12.5. The highest BCUT2D eigenvalue weighted by atomic mass is 19.1. The van der Waals surface area contributed by atoms with Crippen molar-refractivity contribution in [3.8, 4) is 5.75 Å². The third-order valence-corrected chi connectivity index (χ3v) is 4.29. The topological polar surface area (TPSA) is 32.6 Å². The Morgan fingerprint density at radius 3 is 2.50 bits per heavy atom. The van der Waals surface area contributed by atoms with Crippen molar-refractivity contribution in [1.29, 1.82) is 0 Å². The summed E-state index contributed by atoms with van der Waals surface area (Å²) in [5, 5.41) is 10.5. The fourth-order valence-electron chi connectivity index (χ4n) is 3.12. The predicted molar refractivity (Wildman–Crippen MR) is 87.6 cm³/mol. The number of aliphatic imine (C=N–C) groups is 1. The molecule has 2 aromatic carbocycles. The summed E-state index contributed by atoms with van der Waals surface area (Å²) in [6.45, 7) is 0. The third-order valence-electron chi connectivity index (χ3n) is 4.29. The average molecular weight is 297 g/mol. The molecule has 22 heavy (non-hydrogen) atoms. The second-order valence-corrected chi connectivity index (χ2v) is 5.86. The van der Waals surface area contributed by atoms with Gasteiger partial charge in [0.1, 0.15) is 11.6 Å². The van der Waals surface area contributed by atoms with Crippen LogP contribution in [0.5, 0.6) is 5.75 Å². The van der Waals surface area contributed by atoms with Gasteiger partial charge in [-0.1, -0.05) is 37.5 Å². The number of phenolic OH excluding ortho intramolecular Hbond substituents is 1. The Balaban J connectivity index is 1.91.